The van der Waals surface area contributed by atoms with Gasteiger partial charge in [-0.2, -0.15) is 0 Å². The van der Waals surface area contributed by atoms with Gasteiger partial charge in [0.2, 0.25) is 6.79 Å². The number of hydrogen-bond acceptors (Lipinski definition) is 7. The highest BCUT2D eigenvalue weighted by Gasteiger charge is 2.19. The zero-order valence-corrected chi connectivity index (χ0v) is 17.3. The van der Waals surface area contributed by atoms with E-state index in [0.29, 0.717) is 48.3 Å². The summed E-state index contributed by atoms with van der Waals surface area (Å²) in [5.74, 6) is 1.42. The molecule has 1 aliphatic rings. The van der Waals surface area contributed by atoms with E-state index in [-0.39, 0.29) is 19.3 Å². The van der Waals surface area contributed by atoms with Gasteiger partial charge in [0.25, 0.3) is 5.91 Å². The minimum Gasteiger partial charge on any atom is -0.493 e. The van der Waals surface area contributed by atoms with Crippen LogP contribution in [0.25, 0.3) is 0 Å². The van der Waals surface area contributed by atoms with Gasteiger partial charge in [-0.05, 0) is 49.7 Å². The number of nitrogens with zero attached hydrogens (tertiary/aromatic N) is 1. The van der Waals surface area contributed by atoms with Crippen LogP contribution >= 0.6 is 0 Å². The maximum Gasteiger partial charge on any atom is 0.338 e. The normalized spacial score (nSPS) is 11.7. The van der Waals surface area contributed by atoms with Gasteiger partial charge in [-0.25, -0.2) is 4.79 Å². The van der Waals surface area contributed by atoms with Gasteiger partial charge in [0.15, 0.2) is 29.6 Å². The van der Waals surface area contributed by atoms with Gasteiger partial charge >= 0.3 is 5.97 Å². The molecule has 8 heteroatoms. The minimum atomic E-state index is -0.597. The van der Waals surface area contributed by atoms with E-state index < -0.39 is 5.97 Å². The number of esters is 1. The van der Waals surface area contributed by atoms with Crippen LogP contribution in [0.3, 0.4) is 0 Å². The molecule has 0 saturated heterocycles. The Labute approximate surface area is 175 Å². The summed E-state index contributed by atoms with van der Waals surface area (Å²) in [5, 5.41) is 0. The molecule has 0 spiro atoms. The molecule has 1 aliphatic heterocycles. The molecule has 0 aromatic heterocycles. The van der Waals surface area contributed by atoms with Crippen molar-refractivity contribution in [1.29, 1.82) is 0 Å². The second-order valence-electron chi connectivity index (χ2n) is 6.47. The Kier molecular flexibility index (Phi) is 7.00. The zero-order valence-electron chi connectivity index (χ0n) is 17.3. The monoisotopic (exact) mass is 415 g/mol. The van der Waals surface area contributed by atoms with Crippen LogP contribution in [-0.2, 0) is 16.1 Å². The van der Waals surface area contributed by atoms with E-state index in [9.17, 15) is 9.59 Å². The van der Waals surface area contributed by atoms with Crippen LogP contribution in [0, 0.1) is 0 Å². The van der Waals surface area contributed by atoms with Gasteiger partial charge in [-0.15, -0.1) is 0 Å². The number of likely N-dealkylation sites (N-methyl/N-ethyl adjacent to an activating group) is 1. The van der Waals surface area contributed by atoms with E-state index in [1.165, 1.54) is 0 Å². The zero-order chi connectivity index (χ0) is 21.5. The van der Waals surface area contributed by atoms with Crippen molar-refractivity contribution < 1.29 is 33.3 Å². The molecule has 0 saturated carbocycles. The van der Waals surface area contributed by atoms with E-state index >= 15 is 0 Å². The second-order valence-corrected chi connectivity index (χ2v) is 6.47. The quantitative estimate of drug-likeness (QED) is 0.582. The third kappa shape index (κ3) is 4.94. The third-order valence-corrected chi connectivity index (χ3v) is 4.57. The second kappa shape index (κ2) is 9.87. The largest absolute Gasteiger partial charge is 0.493 e. The fourth-order valence-electron chi connectivity index (χ4n) is 3.01. The van der Waals surface area contributed by atoms with E-state index in [1.807, 2.05) is 32.0 Å². The molecule has 0 N–H and O–H groups in total. The fraction of sp³-hybridized carbons (Fsp3) is 0.364. The highest BCUT2D eigenvalue weighted by Crippen LogP contribution is 2.32. The van der Waals surface area contributed by atoms with Crippen LogP contribution in [-0.4, -0.2) is 50.4 Å². The number of carbonyl (C=O) groups excluding carboxylic acids is 2. The summed E-state index contributed by atoms with van der Waals surface area (Å²) in [6.07, 6.45) is 0. The summed E-state index contributed by atoms with van der Waals surface area (Å²) in [4.78, 5) is 26.5. The summed E-state index contributed by atoms with van der Waals surface area (Å²) in [5.41, 5.74) is 1.18. The van der Waals surface area contributed by atoms with Crippen LogP contribution in [0.15, 0.2) is 36.4 Å². The highest BCUT2D eigenvalue weighted by molar-refractivity contribution is 5.92. The number of ether oxygens (including phenoxy) is 5. The average Bonchev–Trinajstić information content (AvgIpc) is 3.24. The summed E-state index contributed by atoms with van der Waals surface area (Å²) >= 11 is 0. The molecule has 0 fully saturated rings. The van der Waals surface area contributed by atoms with Crippen molar-refractivity contribution in [3.63, 3.8) is 0 Å². The lowest BCUT2D eigenvalue weighted by molar-refractivity contribution is -0.134. The number of methoxy groups -OCH3 is 1. The maximum atomic E-state index is 12.6. The lowest BCUT2D eigenvalue weighted by atomic mass is 10.2. The molecule has 1 heterocycles. The van der Waals surface area contributed by atoms with Crippen LogP contribution in [0.1, 0.15) is 29.8 Å². The predicted molar refractivity (Wildman–Crippen MR) is 108 cm³/mol. The Hall–Kier alpha value is -3.42. The Morgan fingerprint density at radius 3 is 2.57 bits per heavy atom. The Bertz CT molecular complexity index is 912. The van der Waals surface area contributed by atoms with Gasteiger partial charge in [0.05, 0.1) is 19.3 Å². The van der Waals surface area contributed by atoms with E-state index in [4.69, 9.17) is 23.7 Å². The fourth-order valence-corrected chi connectivity index (χ4v) is 3.01. The van der Waals surface area contributed by atoms with Gasteiger partial charge in [-0.1, -0.05) is 6.07 Å². The third-order valence-electron chi connectivity index (χ3n) is 4.57. The van der Waals surface area contributed by atoms with E-state index in [1.54, 1.807) is 30.2 Å². The first-order chi connectivity index (χ1) is 14.5. The van der Waals surface area contributed by atoms with E-state index in [2.05, 4.69) is 0 Å². The van der Waals surface area contributed by atoms with Crippen molar-refractivity contribution in [3.8, 4) is 23.0 Å². The number of rotatable bonds is 9. The minimum absolute atomic E-state index is 0.119. The Balaban J connectivity index is 1.59. The first-order valence-electron chi connectivity index (χ1n) is 9.70. The molecule has 0 bridgehead atoms. The van der Waals surface area contributed by atoms with Gasteiger partial charge in [0.1, 0.15) is 0 Å². The van der Waals surface area contributed by atoms with Gasteiger partial charge in [0, 0.05) is 13.1 Å². The van der Waals surface area contributed by atoms with Gasteiger partial charge in [-0.3, -0.25) is 4.79 Å². The van der Waals surface area contributed by atoms with Crippen molar-refractivity contribution in [2.24, 2.45) is 0 Å². The number of amides is 1. The van der Waals surface area contributed by atoms with Crippen molar-refractivity contribution in [2.75, 3.05) is 33.7 Å². The SMILES string of the molecule is CCOc1ccc(CN(CC)C(=O)COC(=O)c2ccc3c(c2)OCO3)cc1OC. The molecule has 0 atom stereocenters. The van der Waals surface area contributed by atoms with Crippen LogP contribution in [0.4, 0.5) is 0 Å². The van der Waals surface area contributed by atoms with Gasteiger partial charge < -0.3 is 28.6 Å². The Morgan fingerprint density at radius 2 is 1.83 bits per heavy atom. The molecule has 2 aromatic carbocycles. The predicted octanol–water partition coefficient (Wildman–Crippen LogP) is 3.03. The molecule has 30 heavy (non-hydrogen) atoms. The maximum absolute atomic E-state index is 12.6. The molecule has 8 nitrogen and oxygen atoms in total. The summed E-state index contributed by atoms with van der Waals surface area (Å²) < 4.78 is 26.5. The molecule has 1 amide bonds. The molecular formula is C22H25NO7. The van der Waals surface area contributed by atoms with Crippen LogP contribution in [0.2, 0.25) is 0 Å². The molecule has 0 aliphatic carbocycles. The molecule has 2 aromatic rings. The number of benzene rings is 2. The van der Waals surface area contributed by atoms with Crippen molar-refractivity contribution in [2.45, 2.75) is 20.4 Å². The summed E-state index contributed by atoms with van der Waals surface area (Å²) in [6, 6.07) is 10.3. The first kappa shape index (κ1) is 21.3. The summed E-state index contributed by atoms with van der Waals surface area (Å²) in [7, 11) is 1.57. The van der Waals surface area contributed by atoms with Crippen LogP contribution in [0.5, 0.6) is 23.0 Å². The van der Waals surface area contributed by atoms with E-state index in [0.717, 1.165) is 5.56 Å². The Morgan fingerprint density at radius 1 is 1.03 bits per heavy atom. The number of carbonyl (C=O) groups is 2. The molecule has 160 valence electrons. The molecular weight excluding hydrogens is 390 g/mol. The number of fused-ring (bicyclic) bond motifs is 1. The van der Waals surface area contributed by atoms with Crippen LogP contribution < -0.4 is 18.9 Å². The van der Waals surface area contributed by atoms with Crippen molar-refractivity contribution in [1.82, 2.24) is 4.90 Å². The average molecular weight is 415 g/mol. The lowest BCUT2D eigenvalue weighted by Crippen LogP contribution is -2.34. The van der Waals surface area contributed by atoms with Crippen molar-refractivity contribution in [3.05, 3.63) is 47.5 Å². The number of hydrogen-bond donors (Lipinski definition) is 0. The summed E-state index contributed by atoms with van der Waals surface area (Å²) in [6.45, 7) is 4.89. The molecule has 0 unspecified atom stereocenters. The molecule has 3 rings (SSSR count). The van der Waals surface area contributed by atoms with Crippen molar-refractivity contribution >= 4 is 11.9 Å². The topological polar surface area (TPSA) is 83.5 Å². The molecule has 0 radical (unpaired) electrons. The highest BCUT2D eigenvalue weighted by atomic mass is 16.7. The lowest BCUT2D eigenvalue weighted by Gasteiger charge is -2.21. The smallest absolute Gasteiger partial charge is 0.338 e. The standard InChI is InChI=1S/C22H25NO7/c1-4-23(12-15-6-8-17(27-5-2)19(10-15)26-3)21(24)13-28-22(25)16-7-9-18-20(11-16)30-14-29-18/h6-11H,4-5,12-14H2,1-3H3. The first-order valence-corrected chi connectivity index (χ1v) is 9.70.